The molecule has 2 N–H and O–H groups in total. The number of thiocarbonyl (C=S) groups is 1. The van der Waals surface area contributed by atoms with E-state index >= 15 is 0 Å². The Balaban J connectivity index is 1.45. The highest BCUT2D eigenvalue weighted by Gasteiger charge is 2.32. The average molecular weight is 573 g/mol. The van der Waals surface area contributed by atoms with E-state index in [4.69, 9.17) is 12.2 Å². The third kappa shape index (κ3) is 7.07. The molecule has 2 amide bonds. The molecule has 1 fully saturated rings. The summed E-state index contributed by atoms with van der Waals surface area (Å²) >= 11 is 9.80. The van der Waals surface area contributed by atoms with Crippen molar-refractivity contribution in [1.29, 1.82) is 0 Å². The molecule has 0 radical (unpaired) electrons. The van der Waals surface area contributed by atoms with E-state index in [0.717, 1.165) is 28.4 Å². The van der Waals surface area contributed by atoms with Crippen molar-refractivity contribution in [1.82, 2.24) is 4.90 Å². The number of rotatable bonds is 8. The van der Waals surface area contributed by atoms with Crippen LogP contribution in [0.15, 0.2) is 51.8 Å². The molecule has 5 nitrogen and oxygen atoms in total. The number of benzene rings is 2. The van der Waals surface area contributed by atoms with Crippen molar-refractivity contribution >= 4 is 67.8 Å². The molecule has 1 aliphatic rings. The zero-order valence-corrected chi connectivity index (χ0v) is 20.9. The average Bonchev–Trinajstić information content (AvgIpc) is 3.03. The summed E-state index contributed by atoms with van der Waals surface area (Å²) in [5.41, 5.74) is -0.222. The van der Waals surface area contributed by atoms with Crippen molar-refractivity contribution in [2.24, 2.45) is 0 Å². The number of hydrogen-bond donors (Lipinski definition) is 2. The summed E-state index contributed by atoms with van der Waals surface area (Å²) in [6, 6.07) is 9.41. The number of carbonyl (C=O) groups is 2. The Morgan fingerprint density at radius 2 is 1.94 bits per heavy atom. The van der Waals surface area contributed by atoms with Crippen LogP contribution in [0.5, 0.6) is 5.75 Å². The van der Waals surface area contributed by atoms with Gasteiger partial charge in [0.25, 0.3) is 5.91 Å². The van der Waals surface area contributed by atoms with Crippen LogP contribution in [0.4, 0.5) is 18.9 Å². The summed E-state index contributed by atoms with van der Waals surface area (Å²) in [6.45, 7) is 0.391. The maximum atomic E-state index is 12.8. The van der Waals surface area contributed by atoms with Crippen LogP contribution >= 0.6 is 39.9 Å². The maximum absolute atomic E-state index is 12.8. The first kappa shape index (κ1) is 26.2. The van der Waals surface area contributed by atoms with Crippen molar-refractivity contribution in [3.8, 4) is 5.75 Å². The van der Waals surface area contributed by atoms with Crippen LogP contribution in [0.3, 0.4) is 0 Å². The van der Waals surface area contributed by atoms with Gasteiger partial charge in [-0.1, -0.05) is 52.4 Å². The Kier molecular flexibility index (Phi) is 8.78. The zero-order valence-electron chi connectivity index (χ0n) is 17.7. The van der Waals surface area contributed by atoms with Gasteiger partial charge in [0.1, 0.15) is 10.1 Å². The van der Waals surface area contributed by atoms with E-state index in [1.165, 1.54) is 23.1 Å². The second kappa shape index (κ2) is 11.4. The minimum Gasteiger partial charge on any atom is -0.507 e. The summed E-state index contributed by atoms with van der Waals surface area (Å²) < 4.78 is 39.5. The van der Waals surface area contributed by atoms with Crippen LogP contribution in [0.1, 0.15) is 36.8 Å². The van der Waals surface area contributed by atoms with Crippen molar-refractivity contribution < 1.29 is 27.9 Å². The lowest BCUT2D eigenvalue weighted by molar-refractivity contribution is -0.137. The summed E-state index contributed by atoms with van der Waals surface area (Å²) in [5, 5.41) is 12.5. The summed E-state index contributed by atoms with van der Waals surface area (Å²) in [4.78, 5) is 26.7. The van der Waals surface area contributed by atoms with Crippen LogP contribution in [0, 0.1) is 0 Å². The van der Waals surface area contributed by atoms with Gasteiger partial charge in [0, 0.05) is 28.7 Å². The Labute approximate surface area is 212 Å². The van der Waals surface area contributed by atoms with Gasteiger partial charge in [-0.15, -0.1) is 0 Å². The van der Waals surface area contributed by atoms with E-state index in [1.54, 1.807) is 18.2 Å². The molecule has 0 spiro atoms. The quantitative estimate of drug-likeness (QED) is 0.212. The molecule has 180 valence electrons. The molecule has 0 saturated carbocycles. The first-order chi connectivity index (χ1) is 16.0. The van der Waals surface area contributed by atoms with Crippen LogP contribution < -0.4 is 5.32 Å². The number of amides is 2. The molecule has 2 aromatic rings. The highest BCUT2D eigenvalue weighted by molar-refractivity contribution is 9.10. The highest BCUT2D eigenvalue weighted by atomic mass is 79.9. The highest BCUT2D eigenvalue weighted by Crippen LogP contribution is 2.35. The molecule has 0 aliphatic carbocycles. The second-order valence-corrected chi connectivity index (χ2v) is 10.1. The topological polar surface area (TPSA) is 69.6 Å². The van der Waals surface area contributed by atoms with E-state index < -0.39 is 11.7 Å². The number of phenols is 1. The summed E-state index contributed by atoms with van der Waals surface area (Å²) in [5.74, 6) is -0.560. The molecule has 0 unspecified atom stereocenters. The lowest BCUT2D eigenvalue weighted by atomic mass is 10.1. The monoisotopic (exact) mass is 572 g/mol. The normalized spacial score (nSPS) is 15.3. The minimum atomic E-state index is -4.47. The maximum Gasteiger partial charge on any atom is 0.416 e. The lowest BCUT2D eigenvalue weighted by Gasteiger charge is -2.14. The number of hydrogen-bond acceptors (Lipinski definition) is 5. The molecule has 3 rings (SSSR count). The SMILES string of the molecule is O=C(CCCCCN1C(=O)/C(=C/c2cc(Br)ccc2O)SC1=S)Nc1cccc(C(F)(F)F)c1. The second-order valence-electron chi connectivity index (χ2n) is 7.47. The Morgan fingerprint density at radius 1 is 1.18 bits per heavy atom. The Hall–Kier alpha value is -2.37. The number of phenolic OH excluding ortho intramolecular Hbond substituents is 1. The summed E-state index contributed by atoms with van der Waals surface area (Å²) in [6.07, 6.45) is -0.965. The number of aromatic hydroxyl groups is 1. The third-order valence-corrected chi connectivity index (χ3v) is 6.78. The fraction of sp³-hybridized carbons (Fsp3) is 0.261. The van der Waals surface area contributed by atoms with Crippen LogP contribution in [-0.4, -0.2) is 32.7 Å². The van der Waals surface area contributed by atoms with Gasteiger partial charge in [-0.2, -0.15) is 13.2 Å². The van der Waals surface area contributed by atoms with Gasteiger partial charge in [0.2, 0.25) is 5.91 Å². The molecular weight excluding hydrogens is 553 g/mol. The molecule has 11 heteroatoms. The number of thioether (sulfide) groups is 1. The van der Waals surface area contributed by atoms with Gasteiger partial charge in [-0.3, -0.25) is 14.5 Å². The molecule has 1 aliphatic heterocycles. The van der Waals surface area contributed by atoms with Gasteiger partial charge in [0.15, 0.2) is 0 Å². The first-order valence-corrected chi connectivity index (χ1v) is 12.3. The molecule has 34 heavy (non-hydrogen) atoms. The molecule has 1 saturated heterocycles. The predicted octanol–water partition coefficient (Wildman–Crippen LogP) is 6.57. The van der Waals surface area contributed by atoms with Crippen molar-refractivity contribution in [3.05, 3.63) is 63.0 Å². The molecule has 1 heterocycles. The number of nitrogens with one attached hydrogen (secondary N) is 1. The van der Waals surface area contributed by atoms with Crippen LogP contribution in [-0.2, 0) is 15.8 Å². The van der Waals surface area contributed by atoms with Gasteiger partial charge in [-0.05, 0) is 55.3 Å². The number of unbranched alkanes of at least 4 members (excludes halogenated alkanes) is 2. The number of halogens is 4. The fourth-order valence-electron chi connectivity index (χ4n) is 3.20. The van der Waals surface area contributed by atoms with Gasteiger partial charge in [-0.25, -0.2) is 0 Å². The van der Waals surface area contributed by atoms with E-state index in [0.29, 0.717) is 40.6 Å². The molecule has 0 bridgehead atoms. The largest absolute Gasteiger partial charge is 0.507 e. The van der Waals surface area contributed by atoms with Crippen molar-refractivity contribution in [2.75, 3.05) is 11.9 Å². The van der Waals surface area contributed by atoms with Crippen LogP contribution in [0.25, 0.3) is 6.08 Å². The number of alkyl halides is 3. The lowest BCUT2D eigenvalue weighted by Crippen LogP contribution is -2.29. The van der Waals surface area contributed by atoms with E-state index in [1.807, 2.05) is 0 Å². The summed E-state index contributed by atoms with van der Waals surface area (Å²) in [7, 11) is 0. The fourth-order valence-corrected chi connectivity index (χ4v) is 4.88. The van der Waals surface area contributed by atoms with Gasteiger partial charge in [0.05, 0.1) is 10.5 Å². The molecule has 0 atom stereocenters. The van der Waals surface area contributed by atoms with Crippen LogP contribution in [0.2, 0.25) is 0 Å². The van der Waals surface area contributed by atoms with E-state index in [-0.39, 0.29) is 29.7 Å². The Bertz CT molecular complexity index is 1140. The predicted molar refractivity (Wildman–Crippen MR) is 134 cm³/mol. The van der Waals surface area contributed by atoms with E-state index in [9.17, 15) is 27.9 Å². The molecule has 2 aromatic carbocycles. The van der Waals surface area contributed by atoms with Crippen molar-refractivity contribution in [3.63, 3.8) is 0 Å². The number of carbonyl (C=O) groups excluding carboxylic acids is 2. The molecular formula is C23H20BrF3N2O3S2. The molecule has 0 aromatic heterocycles. The Morgan fingerprint density at radius 3 is 2.68 bits per heavy atom. The van der Waals surface area contributed by atoms with Gasteiger partial charge < -0.3 is 10.4 Å². The number of nitrogens with zero attached hydrogens (tertiary/aromatic N) is 1. The zero-order chi connectivity index (χ0) is 24.9. The van der Waals surface area contributed by atoms with E-state index in [2.05, 4.69) is 21.2 Å². The third-order valence-electron chi connectivity index (χ3n) is 4.91. The van der Waals surface area contributed by atoms with Gasteiger partial charge >= 0.3 is 6.18 Å². The van der Waals surface area contributed by atoms with Crippen molar-refractivity contribution in [2.45, 2.75) is 31.9 Å². The standard InChI is InChI=1S/C23H20BrF3N2O3S2/c24-16-8-9-18(30)14(11-16)12-19-21(32)29(22(33)34-19)10-3-1-2-7-20(31)28-17-6-4-5-15(13-17)23(25,26)27/h4-6,8-9,11-13,30H,1-3,7,10H2,(H,28,31)/b19-12-. The minimum absolute atomic E-state index is 0.0527. The smallest absolute Gasteiger partial charge is 0.416 e. The first-order valence-electron chi connectivity index (χ1n) is 10.3. The number of anilines is 1.